The number of aromatic hydroxyl groups is 1. The van der Waals surface area contributed by atoms with E-state index in [0.717, 1.165) is 25.2 Å². The van der Waals surface area contributed by atoms with Crippen LogP contribution in [0.25, 0.3) is 11.3 Å². The maximum atomic E-state index is 9.27. The zero-order valence-electron chi connectivity index (χ0n) is 9.48. The predicted octanol–water partition coefficient (Wildman–Crippen LogP) is 2.10. The molecule has 0 radical (unpaired) electrons. The van der Waals surface area contributed by atoms with E-state index in [4.69, 9.17) is 0 Å². The Hall–Kier alpha value is -1.87. The highest BCUT2D eigenvalue weighted by Crippen LogP contribution is 2.27. The maximum absolute atomic E-state index is 9.27. The van der Waals surface area contributed by atoms with Crippen LogP contribution in [0.3, 0.4) is 0 Å². The minimum absolute atomic E-state index is 0.209. The Morgan fingerprint density at radius 1 is 1.18 bits per heavy atom. The van der Waals surface area contributed by atoms with Gasteiger partial charge >= 0.3 is 0 Å². The molecule has 0 amide bonds. The molecule has 0 bridgehead atoms. The summed E-state index contributed by atoms with van der Waals surface area (Å²) in [5.41, 5.74) is 4.85. The van der Waals surface area contributed by atoms with Crippen LogP contribution < -0.4 is 5.32 Å². The molecule has 3 nitrogen and oxygen atoms in total. The molecule has 1 aromatic heterocycles. The Labute approximate surface area is 100 Å². The molecule has 0 saturated carbocycles. The van der Waals surface area contributed by atoms with E-state index >= 15 is 0 Å². The highest BCUT2D eigenvalue weighted by Gasteiger charge is 2.13. The topological polar surface area (TPSA) is 45.1 Å². The van der Waals surface area contributed by atoms with E-state index in [-0.39, 0.29) is 5.75 Å². The molecule has 0 spiro atoms. The number of fused-ring (bicyclic) bond motifs is 1. The smallest absolute Gasteiger partial charge is 0.133 e. The van der Waals surface area contributed by atoms with Crippen LogP contribution in [0.4, 0.5) is 0 Å². The van der Waals surface area contributed by atoms with Gasteiger partial charge in [-0.05, 0) is 36.2 Å². The average Bonchev–Trinajstić information content (AvgIpc) is 2.39. The van der Waals surface area contributed by atoms with E-state index < -0.39 is 0 Å². The van der Waals surface area contributed by atoms with E-state index in [2.05, 4.69) is 28.5 Å². The van der Waals surface area contributed by atoms with Gasteiger partial charge < -0.3 is 10.4 Å². The summed E-state index contributed by atoms with van der Waals surface area (Å²) >= 11 is 0. The highest BCUT2D eigenvalue weighted by molar-refractivity contribution is 5.66. The summed E-state index contributed by atoms with van der Waals surface area (Å²) in [4.78, 5) is 4.29. The Morgan fingerprint density at radius 3 is 2.94 bits per heavy atom. The van der Waals surface area contributed by atoms with Crippen molar-refractivity contribution in [1.82, 2.24) is 10.3 Å². The van der Waals surface area contributed by atoms with Crippen molar-refractivity contribution in [1.29, 1.82) is 0 Å². The van der Waals surface area contributed by atoms with Crippen LogP contribution >= 0.6 is 0 Å². The lowest BCUT2D eigenvalue weighted by molar-refractivity contribution is 0.473. The van der Waals surface area contributed by atoms with Gasteiger partial charge in [0.2, 0.25) is 0 Å². The summed E-state index contributed by atoms with van der Waals surface area (Å²) in [6.07, 6.45) is 2.53. The number of hydrogen-bond donors (Lipinski definition) is 2. The fourth-order valence-electron chi connectivity index (χ4n) is 2.32. The van der Waals surface area contributed by atoms with E-state index in [1.165, 1.54) is 22.9 Å². The summed E-state index contributed by atoms with van der Waals surface area (Å²) in [7, 11) is 0. The summed E-state index contributed by atoms with van der Waals surface area (Å²) in [6.45, 7) is 1.95. The first-order valence-corrected chi connectivity index (χ1v) is 5.81. The van der Waals surface area contributed by atoms with Gasteiger partial charge in [0, 0.05) is 12.1 Å². The van der Waals surface area contributed by atoms with Crippen molar-refractivity contribution in [2.75, 3.05) is 6.54 Å². The molecule has 1 aliphatic heterocycles. The van der Waals surface area contributed by atoms with Crippen molar-refractivity contribution >= 4 is 0 Å². The second-order valence-corrected chi connectivity index (χ2v) is 4.27. The van der Waals surface area contributed by atoms with Crippen LogP contribution in [0.5, 0.6) is 5.75 Å². The third-order valence-corrected chi connectivity index (χ3v) is 3.16. The van der Waals surface area contributed by atoms with Gasteiger partial charge in [0.25, 0.3) is 0 Å². The molecule has 17 heavy (non-hydrogen) atoms. The van der Waals surface area contributed by atoms with Crippen LogP contribution in [-0.2, 0) is 13.0 Å². The second kappa shape index (κ2) is 4.18. The zero-order valence-corrected chi connectivity index (χ0v) is 9.48. The number of nitrogens with zero attached hydrogens (tertiary/aromatic N) is 1. The summed E-state index contributed by atoms with van der Waals surface area (Å²) in [6, 6.07) is 9.88. The first kappa shape index (κ1) is 10.3. The lowest BCUT2D eigenvalue weighted by Crippen LogP contribution is -2.24. The molecule has 3 rings (SSSR count). The van der Waals surface area contributed by atoms with Gasteiger partial charge in [-0.15, -0.1) is 0 Å². The number of benzene rings is 1. The molecule has 3 heteroatoms. The van der Waals surface area contributed by atoms with Crippen LogP contribution in [-0.4, -0.2) is 16.6 Å². The van der Waals surface area contributed by atoms with Crippen molar-refractivity contribution in [3.05, 3.63) is 47.7 Å². The van der Waals surface area contributed by atoms with Gasteiger partial charge in [0.05, 0.1) is 11.9 Å². The monoisotopic (exact) mass is 226 g/mol. The third kappa shape index (κ3) is 1.89. The van der Waals surface area contributed by atoms with Crippen LogP contribution in [0.2, 0.25) is 0 Å². The number of pyridine rings is 1. The number of nitrogens with one attached hydrogen (secondary N) is 1. The maximum Gasteiger partial charge on any atom is 0.133 e. The lowest BCUT2D eigenvalue weighted by atomic mass is 9.93. The van der Waals surface area contributed by atoms with Gasteiger partial charge in [0.15, 0.2) is 0 Å². The summed E-state index contributed by atoms with van der Waals surface area (Å²) < 4.78 is 0. The number of aromatic nitrogens is 1. The largest absolute Gasteiger partial charge is 0.506 e. The minimum atomic E-state index is 0.209. The molecule has 2 heterocycles. The molecule has 0 fully saturated rings. The molecule has 86 valence electrons. The van der Waals surface area contributed by atoms with Crippen LogP contribution in [0.15, 0.2) is 36.5 Å². The SMILES string of the molecule is Oc1ccc(-c2cccc3c2CCNC3)nc1. The molecule has 0 unspecified atom stereocenters. The Balaban J connectivity index is 2.11. The Kier molecular flexibility index (Phi) is 2.53. The highest BCUT2D eigenvalue weighted by atomic mass is 16.3. The standard InChI is InChI=1S/C14H14N2O/c17-11-4-5-14(16-9-11)13-3-1-2-10-8-15-7-6-12(10)13/h1-5,9,15,17H,6-8H2. The third-order valence-electron chi connectivity index (χ3n) is 3.16. The number of hydrogen-bond acceptors (Lipinski definition) is 3. The van der Waals surface area contributed by atoms with Gasteiger partial charge in [-0.1, -0.05) is 18.2 Å². The molecule has 1 aromatic carbocycles. The first-order chi connectivity index (χ1) is 8.34. The molecule has 0 saturated heterocycles. The predicted molar refractivity (Wildman–Crippen MR) is 66.7 cm³/mol. The molecular formula is C14H14N2O. The van der Waals surface area contributed by atoms with Crippen molar-refractivity contribution in [3.8, 4) is 17.0 Å². The van der Waals surface area contributed by atoms with Gasteiger partial charge in [-0.25, -0.2) is 0 Å². The summed E-state index contributed by atoms with van der Waals surface area (Å²) in [5.74, 6) is 0.209. The minimum Gasteiger partial charge on any atom is -0.506 e. The fourth-order valence-corrected chi connectivity index (χ4v) is 2.32. The molecule has 2 aromatic rings. The van der Waals surface area contributed by atoms with Crippen molar-refractivity contribution in [2.45, 2.75) is 13.0 Å². The van der Waals surface area contributed by atoms with E-state index in [0.29, 0.717) is 0 Å². The van der Waals surface area contributed by atoms with Gasteiger partial charge in [-0.3, -0.25) is 4.98 Å². The zero-order chi connectivity index (χ0) is 11.7. The van der Waals surface area contributed by atoms with Crippen molar-refractivity contribution < 1.29 is 5.11 Å². The van der Waals surface area contributed by atoms with Crippen molar-refractivity contribution in [3.63, 3.8) is 0 Å². The Bertz CT molecular complexity index is 534. The number of rotatable bonds is 1. The van der Waals surface area contributed by atoms with Gasteiger partial charge in [-0.2, -0.15) is 0 Å². The average molecular weight is 226 g/mol. The van der Waals surface area contributed by atoms with Crippen LogP contribution in [0, 0.1) is 0 Å². The van der Waals surface area contributed by atoms with Gasteiger partial charge in [0.1, 0.15) is 5.75 Å². The molecular weight excluding hydrogens is 212 g/mol. The Morgan fingerprint density at radius 2 is 2.12 bits per heavy atom. The molecule has 2 N–H and O–H groups in total. The first-order valence-electron chi connectivity index (χ1n) is 5.81. The fraction of sp³-hybridized carbons (Fsp3) is 0.214. The van der Waals surface area contributed by atoms with E-state index in [9.17, 15) is 5.11 Å². The second-order valence-electron chi connectivity index (χ2n) is 4.27. The quantitative estimate of drug-likeness (QED) is 0.782. The van der Waals surface area contributed by atoms with E-state index in [1.807, 2.05) is 6.07 Å². The van der Waals surface area contributed by atoms with Crippen LogP contribution in [0.1, 0.15) is 11.1 Å². The normalized spacial score (nSPS) is 14.4. The van der Waals surface area contributed by atoms with Crippen molar-refractivity contribution in [2.24, 2.45) is 0 Å². The summed E-state index contributed by atoms with van der Waals surface area (Å²) in [5, 5.41) is 12.6. The molecule has 1 aliphatic rings. The molecule has 0 atom stereocenters. The van der Waals surface area contributed by atoms with E-state index in [1.54, 1.807) is 6.07 Å². The lowest BCUT2D eigenvalue weighted by Gasteiger charge is -2.20. The molecule has 0 aliphatic carbocycles.